The molecule has 0 radical (unpaired) electrons. The number of amides is 2. The summed E-state index contributed by atoms with van der Waals surface area (Å²) in [7, 11) is 0. The predicted octanol–water partition coefficient (Wildman–Crippen LogP) is 9.10. The van der Waals surface area contributed by atoms with E-state index in [1.54, 1.807) is 0 Å². The Morgan fingerprint density at radius 3 is 1.02 bits per heavy atom. The monoisotopic (exact) mass is 607 g/mol. The zero-order valence-corrected chi connectivity index (χ0v) is 27.8. The molecular weight excluding hydrogens is 536 g/mol. The summed E-state index contributed by atoms with van der Waals surface area (Å²) >= 11 is 0. The van der Waals surface area contributed by atoms with Crippen molar-refractivity contribution in [3.8, 4) is 0 Å². The normalized spacial score (nSPS) is 13.3. The van der Waals surface area contributed by atoms with Crippen LogP contribution < -0.4 is 11.5 Å². The maximum Gasteiger partial charge on any atom is 0.217 e. The van der Waals surface area contributed by atoms with Gasteiger partial charge >= 0.3 is 0 Å². The Labute approximate surface area is 265 Å². The van der Waals surface area contributed by atoms with E-state index in [-0.39, 0.29) is 24.0 Å². The van der Waals surface area contributed by atoms with Gasteiger partial charge in [-0.05, 0) is 64.2 Å². The minimum atomic E-state index is -0.198. The van der Waals surface area contributed by atoms with Crippen LogP contribution in [-0.4, -0.2) is 34.2 Å². The van der Waals surface area contributed by atoms with Crippen molar-refractivity contribution < 1.29 is 19.8 Å². The van der Waals surface area contributed by atoms with Crippen molar-refractivity contribution in [2.75, 3.05) is 0 Å². The smallest absolute Gasteiger partial charge is 0.217 e. The van der Waals surface area contributed by atoms with E-state index in [0.717, 1.165) is 77.0 Å². The van der Waals surface area contributed by atoms with Gasteiger partial charge in [-0.3, -0.25) is 9.59 Å². The van der Waals surface area contributed by atoms with Crippen LogP contribution in [0.15, 0.2) is 24.3 Å². The largest absolute Gasteiger partial charge is 0.393 e. The van der Waals surface area contributed by atoms with E-state index < -0.39 is 0 Å². The molecule has 0 aromatic carbocycles. The van der Waals surface area contributed by atoms with Gasteiger partial charge in [0.05, 0.1) is 12.2 Å². The SMILES string of the molecule is NC(=O)CCCCCCC/C=C\C[C@H](O)CCCCCCCCCCCCC[C@@H](O)C/C=C\CCCCCCCC(N)=O. The number of aliphatic hydroxyl groups excluding tert-OH is 2. The lowest BCUT2D eigenvalue weighted by Gasteiger charge is -2.08. The minimum absolute atomic E-state index is 0.195. The number of allylic oxidation sites excluding steroid dienone is 2. The van der Waals surface area contributed by atoms with Gasteiger partial charge in [-0.15, -0.1) is 0 Å². The highest BCUT2D eigenvalue weighted by Gasteiger charge is 2.03. The van der Waals surface area contributed by atoms with Gasteiger partial charge in [0.25, 0.3) is 0 Å². The van der Waals surface area contributed by atoms with E-state index >= 15 is 0 Å². The molecule has 0 bridgehead atoms. The lowest BCUT2D eigenvalue weighted by Crippen LogP contribution is -2.09. The summed E-state index contributed by atoms with van der Waals surface area (Å²) in [5.74, 6) is -0.390. The predicted molar refractivity (Wildman–Crippen MR) is 183 cm³/mol. The highest BCUT2D eigenvalue weighted by Crippen LogP contribution is 2.15. The molecule has 252 valence electrons. The molecule has 2 atom stereocenters. The van der Waals surface area contributed by atoms with Crippen molar-refractivity contribution in [2.45, 2.75) is 198 Å². The fourth-order valence-electron chi connectivity index (χ4n) is 5.51. The number of rotatable bonds is 34. The average molecular weight is 607 g/mol. The van der Waals surface area contributed by atoms with Gasteiger partial charge in [-0.1, -0.05) is 133 Å². The molecule has 0 unspecified atom stereocenters. The van der Waals surface area contributed by atoms with Crippen LogP contribution in [0.5, 0.6) is 0 Å². The summed E-state index contributed by atoms with van der Waals surface area (Å²) < 4.78 is 0. The van der Waals surface area contributed by atoms with Crippen LogP contribution in [0.3, 0.4) is 0 Å². The van der Waals surface area contributed by atoms with Gasteiger partial charge in [0.15, 0.2) is 0 Å². The van der Waals surface area contributed by atoms with Crippen LogP contribution in [0, 0.1) is 0 Å². The third-order valence-electron chi connectivity index (χ3n) is 8.31. The van der Waals surface area contributed by atoms with E-state index in [2.05, 4.69) is 24.3 Å². The van der Waals surface area contributed by atoms with Gasteiger partial charge in [0.2, 0.25) is 11.8 Å². The third-order valence-corrected chi connectivity index (χ3v) is 8.31. The Bertz CT molecular complexity index is 624. The Hall–Kier alpha value is -1.66. The summed E-state index contributed by atoms with van der Waals surface area (Å²) in [6, 6.07) is 0. The number of hydrogen-bond donors (Lipinski definition) is 4. The first-order chi connectivity index (χ1) is 20.9. The Kier molecular flexibility index (Phi) is 32.0. The fourth-order valence-corrected chi connectivity index (χ4v) is 5.51. The van der Waals surface area contributed by atoms with Crippen molar-refractivity contribution in [1.29, 1.82) is 0 Å². The van der Waals surface area contributed by atoms with E-state index in [1.807, 2.05) is 0 Å². The number of primary amides is 2. The van der Waals surface area contributed by atoms with E-state index in [4.69, 9.17) is 11.5 Å². The van der Waals surface area contributed by atoms with Crippen LogP contribution in [0.1, 0.15) is 186 Å². The van der Waals surface area contributed by atoms with Gasteiger partial charge in [-0.2, -0.15) is 0 Å². The fraction of sp³-hybridized carbons (Fsp3) is 0.838. The molecule has 0 saturated carbocycles. The van der Waals surface area contributed by atoms with Crippen molar-refractivity contribution in [2.24, 2.45) is 11.5 Å². The molecule has 43 heavy (non-hydrogen) atoms. The molecule has 0 aliphatic heterocycles. The second kappa shape index (κ2) is 33.2. The molecule has 0 aliphatic rings. The second-order valence-electron chi connectivity index (χ2n) is 12.7. The highest BCUT2D eigenvalue weighted by atomic mass is 16.3. The number of unbranched alkanes of at least 4 members (excludes halogenated alkanes) is 20. The number of nitrogens with two attached hydrogens (primary N) is 2. The van der Waals surface area contributed by atoms with Crippen LogP contribution >= 0.6 is 0 Å². The van der Waals surface area contributed by atoms with Crippen molar-refractivity contribution in [1.82, 2.24) is 0 Å². The molecule has 6 nitrogen and oxygen atoms in total. The van der Waals surface area contributed by atoms with Gasteiger partial charge in [0, 0.05) is 12.8 Å². The first kappa shape index (κ1) is 41.3. The molecule has 0 saturated heterocycles. The van der Waals surface area contributed by atoms with Crippen molar-refractivity contribution in [3.63, 3.8) is 0 Å². The number of hydrogen-bond acceptors (Lipinski definition) is 4. The first-order valence-corrected chi connectivity index (χ1v) is 18.1. The highest BCUT2D eigenvalue weighted by molar-refractivity contribution is 5.73. The standard InChI is InChI=1S/C37H70N2O4/c38-36(42)32-26-20-14-8-6-12-18-24-30-34(40)28-22-16-10-4-2-1-3-5-11-17-23-29-35(41)31-25-19-13-7-9-15-21-27-33-37(39)43/h18-19,24-25,34-35,40-41H,1-17,20-23,26-33H2,(H2,38,42)(H2,39,43)/b24-18-,25-19-/t34-,35-/m1/s1. The number of carbonyl (C=O) groups excluding carboxylic acids is 2. The number of aliphatic hydroxyl groups is 2. The molecule has 0 spiro atoms. The van der Waals surface area contributed by atoms with Gasteiger partial charge < -0.3 is 21.7 Å². The van der Waals surface area contributed by atoms with Crippen LogP contribution in [0.25, 0.3) is 0 Å². The summed E-state index contributed by atoms with van der Waals surface area (Å²) in [4.78, 5) is 21.4. The topological polar surface area (TPSA) is 127 Å². The second-order valence-corrected chi connectivity index (χ2v) is 12.7. The van der Waals surface area contributed by atoms with E-state index in [9.17, 15) is 19.8 Å². The van der Waals surface area contributed by atoms with Gasteiger partial charge in [-0.25, -0.2) is 0 Å². The van der Waals surface area contributed by atoms with E-state index in [0.29, 0.717) is 12.8 Å². The zero-order valence-electron chi connectivity index (χ0n) is 27.8. The minimum Gasteiger partial charge on any atom is -0.393 e. The Morgan fingerprint density at radius 2 is 0.698 bits per heavy atom. The molecule has 0 rings (SSSR count). The van der Waals surface area contributed by atoms with Crippen LogP contribution in [-0.2, 0) is 9.59 Å². The summed E-state index contributed by atoms with van der Waals surface area (Å²) in [6.07, 6.45) is 39.9. The molecule has 6 N–H and O–H groups in total. The lowest BCUT2D eigenvalue weighted by atomic mass is 10.0. The summed E-state index contributed by atoms with van der Waals surface area (Å²) in [6.45, 7) is 0. The molecule has 6 heteroatoms. The molecule has 2 amide bonds. The van der Waals surface area contributed by atoms with Crippen molar-refractivity contribution in [3.05, 3.63) is 24.3 Å². The molecule has 0 heterocycles. The molecule has 0 aliphatic carbocycles. The average Bonchev–Trinajstić information content (AvgIpc) is 2.97. The van der Waals surface area contributed by atoms with Crippen LogP contribution in [0.2, 0.25) is 0 Å². The third kappa shape index (κ3) is 36.4. The molecule has 0 aromatic rings. The zero-order chi connectivity index (χ0) is 31.6. The first-order valence-electron chi connectivity index (χ1n) is 18.1. The maximum atomic E-state index is 10.7. The number of carbonyl (C=O) groups is 2. The Balaban J connectivity index is 3.32. The lowest BCUT2D eigenvalue weighted by molar-refractivity contribution is -0.119. The summed E-state index contributed by atoms with van der Waals surface area (Å²) in [5, 5.41) is 20.4. The van der Waals surface area contributed by atoms with Crippen LogP contribution in [0.4, 0.5) is 0 Å². The summed E-state index contributed by atoms with van der Waals surface area (Å²) in [5.41, 5.74) is 10.3. The van der Waals surface area contributed by atoms with Crippen molar-refractivity contribution >= 4 is 11.8 Å². The Morgan fingerprint density at radius 1 is 0.419 bits per heavy atom. The molecular formula is C37H70N2O4. The molecule has 0 aromatic heterocycles. The van der Waals surface area contributed by atoms with Gasteiger partial charge in [0.1, 0.15) is 0 Å². The quantitative estimate of drug-likeness (QED) is 0.0430. The molecule has 0 fully saturated rings. The van der Waals surface area contributed by atoms with E-state index in [1.165, 1.54) is 96.3 Å². The maximum absolute atomic E-state index is 10.7.